The van der Waals surface area contributed by atoms with Gasteiger partial charge in [-0.1, -0.05) is 46.9 Å². The summed E-state index contributed by atoms with van der Waals surface area (Å²) in [7, 11) is 0. The van der Waals surface area contributed by atoms with Crippen molar-refractivity contribution in [2.24, 2.45) is 0 Å². The fourth-order valence-corrected chi connectivity index (χ4v) is 4.68. The van der Waals surface area contributed by atoms with Crippen molar-refractivity contribution in [1.29, 1.82) is 0 Å². The van der Waals surface area contributed by atoms with Gasteiger partial charge in [0, 0.05) is 58.9 Å². The zero-order chi connectivity index (χ0) is 24.5. The first-order chi connectivity index (χ1) is 16.3. The van der Waals surface area contributed by atoms with Gasteiger partial charge in [0.15, 0.2) is 0 Å². The maximum absolute atomic E-state index is 12.5. The molecule has 4 N–H and O–H groups in total. The van der Waals surface area contributed by atoms with Crippen molar-refractivity contribution in [3.05, 3.63) is 63.1 Å². The van der Waals surface area contributed by atoms with E-state index in [1.54, 1.807) is 18.2 Å². The molecule has 1 aliphatic heterocycles. The van der Waals surface area contributed by atoms with Gasteiger partial charge in [0.1, 0.15) is 0 Å². The number of urea groups is 2. The van der Waals surface area contributed by atoms with Crippen LogP contribution in [0.4, 0.5) is 15.3 Å². The minimum absolute atomic E-state index is 0.0985. The molecule has 2 aromatic rings. The molecule has 2 aromatic carbocycles. The lowest BCUT2D eigenvalue weighted by Gasteiger charge is -2.23. The third-order valence-corrected chi connectivity index (χ3v) is 6.40. The molecule has 1 saturated heterocycles. The van der Waals surface area contributed by atoms with Crippen LogP contribution >= 0.6 is 34.8 Å². The number of anilines is 1. The number of carbonyl (C=O) groups excluding carboxylic acids is 2. The van der Waals surface area contributed by atoms with E-state index < -0.39 is 0 Å². The molecule has 184 valence electrons. The third-order valence-electron chi connectivity index (χ3n) is 5.71. The van der Waals surface area contributed by atoms with Gasteiger partial charge in [-0.05, 0) is 62.2 Å². The van der Waals surface area contributed by atoms with Crippen molar-refractivity contribution < 1.29 is 9.59 Å². The highest BCUT2D eigenvalue weighted by Gasteiger charge is 2.24. The predicted octanol–water partition coefficient (Wildman–Crippen LogP) is 5.34. The molecule has 1 fully saturated rings. The Morgan fingerprint density at radius 3 is 2.38 bits per heavy atom. The summed E-state index contributed by atoms with van der Waals surface area (Å²) in [6.07, 6.45) is 1.77. The third kappa shape index (κ3) is 8.55. The van der Waals surface area contributed by atoms with Crippen molar-refractivity contribution in [1.82, 2.24) is 20.9 Å². The van der Waals surface area contributed by atoms with Gasteiger partial charge in [0.2, 0.25) is 0 Å². The van der Waals surface area contributed by atoms with Crippen LogP contribution in [0, 0.1) is 0 Å². The van der Waals surface area contributed by atoms with Gasteiger partial charge in [-0.15, -0.1) is 0 Å². The van der Waals surface area contributed by atoms with Crippen LogP contribution in [0.25, 0.3) is 0 Å². The van der Waals surface area contributed by atoms with Crippen LogP contribution in [0.5, 0.6) is 0 Å². The van der Waals surface area contributed by atoms with Gasteiger partial charge in [0.05, 0.1) is 0 Å². The summed E-state index contributed by atoms with van der Waals surface area (Å²) in [6, 6.07) is 12.3. The number of hydrogen-bond donors (Lipinski definition) is 4. The second-order valence-electron chi connectivity index (χ2n) is 8.32. The van der Waals surface area contributed by atoms with Crippen LogP contribution in [0.15, 0.2) is 42.5 Å². The second kappa shape index (κ2) is 13.0. The van der Waals surface area contributed by atoms with Crippen LogP contribution in [-0.4, -0.2) is 55.7 Å². The highest BCUT2D eigenvalue weighted by atomic mass is 35.5. The van der Waals surface area contributed by atoms with Gasteiger partial charge >= 0.3 is 12.1 Å². The van der Waals surface area contributed by atoms with Crippen LogP contribution in [0.3, 0.4) is 0 Å². The number of rotatable bonds is 9. The Balaban J connectivity index is 1.55. The van der Waals surface area contributed by atoms with Crippen molar-refractivity contribution in [2.45, 2.75) is 31.7 Å². The number of hydrogen-bond acceptors (Lipinski definition) is 3. The topological polar surface area (TPSA) is 85.5 Å². The number of amides is 4. The van der Waals surface area contributed by atoms with E-state index in [1.807, 2.05) is 31.2 Å². The average molecular weight is 527 g/mol. The minimum Gasteiger partial charge on any atom is -0.338 e. The zero-order valence-electron chi connectivity index (χ0n) is 19.0. The van der Waals surface area contributed by atoms with E-state index in [0.717, 1.165) is 38.0 Å². The number of carbonyl (C=O) groups is 2. The van der Waals surface area contributed by atoms with Gasteiger partial charge < -0.3 is 26.2 Å². The van der Waals surface area contributed by atoms with E-state index in [2.05, 4.69) is 26.2 Å². The van der Waals surface area contributed by atoms with Crippen molar-refractivity contribution in [2.75, 3.05) is 38.0 Å². The van der Waals surface area contributed by atoms with Crippen LogP contribution in [-0.2, 0) is 0 Å². The molecule has 0 saturated carbocycles. The fourth-order valence-electron chi connectivity index (χ4n) is 4.03. The standard InChI is InChI=1S/C24H30Cl3N5O2/c1-2-28-23(33)30-21-8-10-32(15-21)9-7-17(16-3-5-18(25)6-4-16)14-29-24(34)31-22-12-19(26)11-20(27)13-22/h3-6,11-13,17,21H,2,7-10,14-15H2,1H3,(H2,28,30,33)(H2,29,31,34). The minimum atomic E-state index is -0.329. The monoisotopic (exact) mass is 525 g/mol. The van der Waals surface area contributed by atoms with Gasteiger partial charge in [-0.3, -0.25) is 0 Å². The Hall–Kier alpha value is -2.19. The van der Waals surface area contributed by atoms with E-state index in [4.69, 9.17) is 34.8 Å². The largest absolute Gasteiger partial charge is 0.338 e. The summed E-state index contributed by atoms with van der Waals surface area (Å²) in [6.45, 7) is 5.55. The van der Waals surface area contributed by atoms with Crippen molar-refractivity contribution in [3.8, 4) is 0 Å². The maximum Gasteiger partial charge on any atom is 0.319 e. The summed E-state index contributed by atoms with van der Waals surface area (Å²) in [5, 5.41) is 13.1. The molecule has 0 aromatic heterocycles. The lowest BCUT2D eigenvalue weighted by molar-refractivity contribution is 0.236. The summed E-state index contributed by atoms with van der Waals surface area (Å²) < 4.78 is 0. The van der Waals surface area contributed by atoms with Gasteiger partial charge in [-0.2, -0.15) is 0 Å². The molecule has 7 nitrogen and oxygen atoms in total. The fraction of sp³-hybridized carbons (Fsp3) is 0.417. The Kier molecular flexibility index (Phi) is 10.1. The number of nitrogens with one attached hydrogen (secondary N) is 4. The molecule has 3 rings (SSSR count). The first-order valence-electron chi connectivity index (χ1n) is 11.4. The second-order valence-corrected chi connectivity index (χ2v) is 9.63. The average Bonchev–Trinajstić information content (AvgIpc) is 3.21. The quantitative estimate of drug-likeness (QED) is 0.356. The van der Waals surface area contributed by atoms with E-state index in [-0.39, 0.29) is 24.0 Å². The van der Waals surface area contributed by atoms with Crippen molar-refractivity contribution in [3.63, 3.8) is 0 Å². The Morgan fingerprint density at radius 1 is 1.00 bits per heavy atom. The molecule has 1 heterocycles. The maximum atomic E-state index is 12.5. The van der Waals surface area contributed by atoms with Crippen LogP contribution in [0.1, 0.15) is 31.2 Å². The van der Waals surface area contributed by atoms with E-state index in [9.17, 15) is 9.59 Å². The Morgan fingerprint density at radius 2 is 1.71 bits per heavy atom. The number of nitrogens with zero attached hydrogens (tertiary/aromatic N) is 1. The highest BCUT2D eigenvalue weighted by Crippen LogP contribution is 2.24. The molecule has 0 spiro atoms. The van der Waals surface area contributed by atoms with Crippen molar-refractivity contribution >= 4 is 52.6 Å². The molecular formula is C24H30Cl3N5O2. The Bertz CT molecular complexity index is 953. The molecule has 0 aliphatic carbocycles. The normalized spacial score (nSPS) is 16.6. The molecule has 1 aliphatic rings. The van der Waals surface area contributed by atoms with Crippen LogP contribution in [0.2, 0.25) is 15.1 Å². The molecule has 4 amide bonds. The predicted molar refractivity (Wildman–Crippen MR) is 139 cm³/mol. The lowest BCUT2D eigenvalue weighted by Crippen LogP contribution is -2.43. The zero-order valence-corrected chi connectivity index (χ0v) is 21.3. The molecule has 0 bridgehead atoms. The Labute approximate surface area is 215 Å². The number of likely N-dealkylation sites (tertiary alicyclic amines) is 1. The first-order valence-corrected chi connectivity index (χ1v) is 12.5. The molecule has 34 heavy (non-hydrogen) atoms. The van der Waals surface area contributed by atoms with E-state index >= 15 is 0 Å². The molecule has 2 atom stereocenters. The molecule has 10 heteroatoms. The molecular weight excluding hydrogens is 497 g/mol. The van der Waals surface area contributed by atoms with Crippen LogP contribution < -0.4 is 21.3 Å². The SMILES string of the molecule is CCNC(=O)NC1CCN(CCC(CNC(=O)Nc2cc(Cl)cc(Cl)c2)c2ccc(Cl)cc2)C1. The first kappa shape index (κ1) is 26.4. The highest BCUT2D eigenvalue weighted by molar-refractivity contribution is 6.35. The lowest BCUT2D eigenvalue weighted by atomic mass is 9.95. The molecule has 2 unspecified atom stereocenters. The summed E-state index contributed by atoms with van der Waals surface area (Å²) in [5.41, 5.74) is 1.63. The number of halogens is 3. The summed E-state index contributed by atoms with van der Waals surface area (Å²) in [4.78, 5) is 26.6. The van der Waals surface area contributed by atoms with Gasteiger partial charge in [-0.25, -0.2) is 9.59 Å². The summed E-state index contributed by atoms with van der Waals surface area (Å²) in [5.74, 6) is 0.0985. The molecule has 0 radical (unpaired) electrons. The van der Waals surface area contributed by atoms with E-state index in [0.29, 0.717) is 33.8 Å². The smallest absolute Gasteiger partial charge is 0.319 e. The summed E-state index contributed by atoms with van der Waals surface area (Å²) >= 11 is 18.1. The number of benzene rings is 2. The van der Waals surface area contributed by atoms with Gasteiger partial charge in [0.25, 0.3) is 0 Å². The van der Waals surface area contributed by atoms with E-state index in [1.165, 1.54) is 0 Å².